The average molecular weight is 298 g/mol. The third-order valence-corrected chi connectivity index (χ3v) is 4.02. The fourth-order valence-corrected chi connectivity index (χ4v) is 2.88. The molecule has 1 aromatic carbocycles. The molecule has 1 fully saturated rings. The second-order valence-corrected chi connectivity index (χ2v) is 5.71. The zero-order valence-electron chi connectivity index (χ0n) is 10.1. The number of hydrogen-bond donors (Lipinski definition) is 1. The minimum atomic E-state index is 0.724. The molecule has 0 atom stereocenters. The molecule has 1 aliphatic carbocycles. The molecule has 0 amide bonds. The van der Waals surface area contributed by atoms with E-state index in [0.29, 0.717) is 0 Å². The van der Waals surface area contributed by atoms with Crippen molar-refractivity contribution in [2.24, 2.45) is 5.92 Å². The molecule has 1 saturated carbocycles. The number of hydrogen-bond acceptors (Lipinski definition) is 2. The van der Waals surface area contributed by atoms with Crippen molar-refractivity contribution in [3.05, 3.63) is 22.7 Å². The van der Waals surface area contributed by atoms with Gasteiger partial charge in [0.15, 0.2) is 0 Å². The predicted molar refractivity (Wildman–Crippen MR) is 75.2 cm³/mol. The molecule has 3 heteroatoms. The lowest BCUT2D eigenvalue weighted by molar-refractivity contribution is 0.232. The summed E-state index contributed by atoms with van der Waals surface area (Å²) in [7, 11) is 0. The van der Waals surface area contributed by atoms with Gasteiger partial charge in [0.05, 0.1) is 11.1 Å². The first-order valence-electron chi connectivity index (χ1n) is 6.43. The molecule has 1 aromatic rings. The molecular formula is C14H20BrNO. The molecule has 0 unspecified atom stereocenters. The SMILES string of the molecule is Nc1ccc(OCC2CCCCCC2)c(Br)c1. The van der Waals surface area contributed by atoms with Crippen LogP contribution < -0.4 is 10.5 Å². The zero-order chi connectivity index (χ0) is 12.1. The highest BCUT2D eigenvalue weighted by atomic mass is 79.9. The van der Waals surface area contributed by atoms with E-state index in [1.165, 1.54) is 38.5 Å². The van der Waals surface area contributed by atoms with Crippen LogP contribution in [0, 0.1) is 5.92 Å². The third kappa shape index (κ3) is 3.91. The van der Waals surface area contributed by atoms with E-state index in [4.69, 9.17) is 10.5 Å². The van der Waals surface area contributed by atoms with E-state index < -0.39 is 0 Å². The molecule has 0 heterocycles. The van der Waals surface area contributed by atoms with Gasteiger partial charge in [0.2, 0.25) is 0 Å². The van der Waals surface area contributed by atoms with E-state index in [9.17, 15) is 0 Å². The summed E-state index contributed by atoms with van der Waals surface area (Å²) >= 11 is 3.48. The molecular weight excluding hydrogens is 278 g/mol. The van der Waals surface area contributed by atoms with Crippen LogP contribution in [0.2, 0.25) is 0 Å². The Hall–Kier alpha value is -0.700. The highest BCUT2D eigenvalue weighted by Gasteiger charge is 2.13. The van der Waals surface area contributed by atoms with Crippen LogP contribution in [0.25, 0.3) is 0 Å². The van der Waals surface area contributed by atoms with Crippen LogP contribution in [0.3, 0.4) is 0 Å². The van der Waals surface area contributed by atoms with Crippen LogP contribution in [-0.2, 0) is 0 Å². The van der Waals surface area contributed by atoms with E-state index in [2.05, 4.69) is 15.9 Å². The summed E-state index contributed by atoms with van der Waals surface area (Å²) in [6.45, 7) is 0.836. The lowest BCUT2D eigenvalue weighted by atomic mass is 10.0. The van der Waals surface area contributed by atoms with Gasteiger partial charge < -0.3 is 10.5 Å². The van der Waals surface area contributed by atoms with Crippen LogP contribution in [-0.4, -0.2) is 6.61 Å². The van der Waals surface area contributed by atoms with Gasteiger partial charge in [-0.1, -0.05) is 25.7 Å². The second kappa shape index (κ2) is 6.29. The van der Waals surface area contributed by atoms with E-state index >= 15 is 0 Å². The maximum Gasteiger partial charge on any atom is 0.133 e. The van der Waals surface area contributed by atoms with Crippen LogP contribution in [0.5, 0.6) is 5.75 Å². The molecule has 1 aliphatic rings. The summed E-state index contributed by atoms with van der Waals surface area (Å²) in [4.78, 5) is 0. The summed E-state index contributed by atoms with van der Waals surface area (Å²) in [6, 6.07) is 5.71. The van der Waals surface area contributed by atoms with Gasteiger partial charge >= 0.3 is 0 Å². The molecule has 0 aromatic heterocycles. The number of nitrogens with two attached hydrogens (primary N) is 1. The fraction of sp³-hybridized carbons (Fsp3) is 0.571. The zero-order valence-corrected chi connectivity index (χ0v) is 11.7. The molecule has 0 radical (unpaired) electrons. The number of rotatable bonds is 3. The summed E-state index contributed by atoms with van der Waals surface area (Å²) in [6.07, 6.45) is 8.12. The minimum Gasteiger partial charge on any atom is -0.492 e. The summed E-state index contributed by atoms with van der Waals surface area (Å²) in [5, 5.41) is 0. The van der Waals surface area contributed by atoms with E-state index in [-0.39, 0.29) is 0 Å². The molecule has 2 rings (SSSR count). The van der Waals surface area contributed by atoms with Crippen molar-refractivity contribution in [1.82, 2.24) is 0 Å². The Morgan fingerprint density at radius 2 is 1.88 bits per heavy atom. The standard InChI is InChI=1S/C14H20BrNO/c15-13-9-12(16)7-8-14(13)17-10-11-5-3-1-2-4-6-11/h7-9,11H,1-6,10,16H2. The van der Waals surface area contributed by atoms with Crippen LogP contribution >= 0.6 is 15.9 Å². The van der Waals surface area contributed by atoms with Gasteiger partial charge in [0, 0.05) is 5.69 Å². The van der Waals surface area contributed by atoms with Gasteiger partial charge in [-0.2, -0.15) is 0 Å². The largest absolute Gasteiger partial charge is 0.492 e. The van der Waals surface area contributed by atoms with Crippen LogP contribution in [0.15, 0.2) is 22.7 Å². The van der Waals surface area contributed by atoms with Crippen molar-refractivity contribution in [1.29, 1.82) is 0 Å². The Balaban J connectivity index is 1.88. The Morgan fingerprint density at radius 1 is 1.18 bits per heavy atom. The number of nitrogen functional groups attached to an aromatic ring is 1. The third-order valence-electron chi connectivity index (χ3n) is 3.41. The molecule has 0 saturated heterocycles. The van der Waals surface area contributed by atoms with Crippen molar-refractivity contribution in [3.63, 3.8) is 0 Å². The molecule has 2 N–H and O–H groups in total. The Labute approximate surface area is 112 Å². The highest BCUT2D eigenvalue weighted by molar-refractivity contribution is 9.10. The van der Waals surface area contributed by atoms with Gasteiger partial charge in [-0.15, -0.1) is 0 Å². The fourth-order valence-electron chi connectivity index (χ4n) is 2.37. The first-order chi connectivity index (χ1) is 8.25. The Bertz CT molecular complexity index is 359. The molecule has 0 bridgehead atoms. The average Bonchev–Trinajstić information content (AvgIpc) is 2.56. The topological polar surface area (TPSA) is 35.2 Å². The maximum absolute atomic E-state index is 5.88. The van der Waals surface area contributed by atoms with Gasteiger partial charge in [0.25, 0.3) is 0 Å². The molecule has 0 aliphatic heterocycles. The first kappa shape index (κ1) is 12.7. The van der Waals surface area contributed by atoms with Crippen LogP contribution in [0.1, 0.15) is 38.5 Å². The van der Waals surface area contributed by atoms with Crippen LogP contribution in [0.4, 0.5) is 5.69 Å². The number of halogens is 1. The summed E-state index contributed by atoms with van der Waals surface area (Å²) in [5.74, 6) is 1.63. The Kier molecular flexibility index (Phi) is 4.72. The van der Waals surface area contributed by atoms with Crippen molar-refractivity contribution in [2.75, 3.05) is 12.3 Å². The van der Waals surface area contributed by atoms with Gasteiger partial charge in [-0.05, 0) is 52.9 Å². The van der Waals surface area contributed by atoms with Gasteiger partial charge in [0.1, 0.15) is 5.75 Å². The van der Waals surface area contributed by atoms with E-state index in [1.807, 2.05) is 18.2 Å². The minimum absolute atomic E-state index is 0.724. The lowest BCUT2D eigenvalue weighted by Crippen LogP contribution is -2.11. The Morgan fingerprint density at radius 3 is 2.53 bits per heavy atom. The summed E-state index contributed by atoms with van der Waals surface area (Å²) < 4.78 is 6.83. The number of anilines is 1. The molecule has 0 spiro atoms. The normalized spacial score (nSPS) is 17.7. The van der Waals surface area contributed by atoms with Crippen molar-refractivity contribution in [3.8, 4) is 5.75 Å². The molecule has 94 valence electrons. The lowest BCUT2D eigenvalue weighted by Gasteiger charge is -2.16. The number of ether oxygens (including phenoxy) is 1. The highest BCUT2D eigenvalue weighted by Crippen LogP contribution is 2.29. The van der Waals surface area contributed by atoms with Gasteiger partial charge in [-0.3, -0.25) is 0 Å². The van der Waals surface area contributed by atoms with E-state index in [1.54, 1.807) is 0 Å². The summed E-state index contributed by atoms with van der Waals surface area (Å²) in [5.41, 5.74) is 6.46. The quantitative estimate of drug-likeness (QED) is 0.664. The van der Waals surface area contributed by atoms with Gasteiger partial charge in [-0.25, -0.2) is 0 Å². The van der Waals surface area contributed by atoms with Crippen molar-refractivity contribution < 1.29 is 4.74 Å². The monoisotopic (exact) mass is 297 g/mol. The van der Waals surface area contributed by atoms with E-state index in [0.717, 1.165) is 28.4 Å². The number of benzene rings is 1. The van der Waals surface area contributed by atoms with Crippen molar-refractivity contribution in [2.45, 2.75) is 38.5 Å². The predicted octanol–water partition coefficient (Wildman–Crippen LogP) is 4.38. The maximum atomic E-state index is 5.88. The molecule has 17 heavy (non-hydrogen) atoms. The first-order valence-corrected chi connectivity index (χ1v) is 7.23. The van der Waals surface area contributed by atoms with Crippen molar-refractivity contribution >= 4 is 21.6 Å². The second-order valence-electron chi connectivity index (χ2n) is 4.86. The molecule has 2 nitrogen and oxygen atoms in total. The smallest absolute Gasteiger partial charge is 0.133 e.